The van der Waals surface area contributed by atoms with Crippen LogP contribution in [-0.2, 0) is 4.79 Å². The van der Waals surface area contributed by atoms with Crippen LogP contribution in [0.1, 0.15) is 16.8 Å². The minimum absolute atomic E-state index is 0.0773. The maximum atomic E-state index is 11.7. The Hall–Kier alpha value is -2.25. The lowest BCUT2D eigenvalue weighted by molar-refractivity contribution is -0.115. The van der Waals surface area contributed by atoms with Crippen molar-refractivity contribution in [1.82, 2.24) is 0 Å². The van der Waals surface area contributed by atoms with E-state index in [2.05, 4.69) is 17.5 Å². The highest BCUT2D eigenvalue weighted by Gasteiger charge is 2.17. The lowest BCUT2D eigenvalue weighted by atomic mass is 10.1. The summed E-state index contributed by atoms with van der Waals surface area (Å²) in [4.78, 5) is 24.1. The Morgan fingerprint density at radius 2 is 1.86 bits per heavy atom. The van der Waals surface area contributed by atoms with E-state index >= 15 is 0 Å². The first kappa shape index (κ1) is 15.1. The standard InChI is InChI=1S/C14H13N3O2S2/c15-11(20)7-12(18)17-14-9(13(16)19)6-10(21-14)8-4-2-1-3-5-8/h1-6H,7H2,(H2,15,20)(H2,16,19)(H,17,18). The van der Waals surface area contributed by atoms with E-state index in [1.807, 2.05) is 30.3 Å². The summed E-state index contributed by atoms with van der Waals surface area (Å²) in [6.45, 7) is 0. The van der Waals surface area contributed by atoms with Crippen molar-refractivity contribution in [2.45, 2.75) is 6.42 Å². The highest BCUT2D eigenvalue weighted by molar-refractivity contribution is 7.80. The number of amides is 2. The lowest BCUT2D eigenvalue weighted by Crippen LogP contribution is -2.21. The second-order valence-corrected chi connectivity index (χ2v) is 5.85. The molecule has 21 heavy (non-hydrogen) atoms. The van der Waals surface area contributed by atoms with Crippen LogP contribution >= 0.6 is 23.6 Å². The normalized spacial score (nSPS) is 10.1. The molecule has 0 radical (unpaired) electrons. The molecule has 0 unspecified atom stereocenters. The molecule has 1 heterocycles. The average molecular weight is 319 g/mol. The molecular weight excluding hydrogens is 306 g/mol. The number of carbonyl (C=O) groups excluding carboxylic acids is 2. The van der Waals surface area contributed by atoms with E-state index in [1.54, 1.807) is 6.07 Å². The van der Waals surface area contributed by atoms with Gasteiger partial charge in [0.15, 0.2) is 0 Å². The number of hydrogen-bond acceptors (Lipinski definition) is 4. The van der Waals surface area contributed by atoms with E-state index in [9.17, 15) is 9.59 Å². The third-order valence-electron chi connectivity index (χ3n) is 2.64. The number of primary amides is 1. The molecule has 1 aromatic heterocycles. The van der Waals surface area contributed by atoms with Crippen LogP contribution in [0.25, 0.3) is 10.4 Å². The van der Waals surface area contributed by atoms with Gasteiger partial charge in [0.1, 0.15) is 5.00 Å². The van der Waals surface area contributed by atoms with Crippen molar-refractivity contribution < 1.29 is 9.59 Å². The van der Waals surface area contributed by atoms with Gasteiger partial charge in [-0.2, -0.15) is 0 Å². The van der Waals surface area contributed by atoms with Crippen LogP contribution < -0.4 is 16.8 Å². The Labute approximate surface area is 131 Å². The number of carbonyl (C=O) groups is 2. The van der Waals surface area contributed by atoms with E-state index in [0.29, 0.717) is 5.00 Å². The molecule has 108 valence electrons. The zero-order chi connectivity index (χ0) is 15.4. The van der Waals surface area contributed by atoms with E-state index in [0.717, 1.165) is 10.4 Å². The van der Waals surface area contributed by atoms with E-state index in [-0.39, 0.29) is 22.9 Å². The number of nitrogens with two attached hydrogens (primary N) is 2. The molecule has 7 heteroatoms. The molecule has 0 bridgehead atoms. The van der Waals surface area contributed by atoms with Crippen molar-refractivity contribution in [3.63, 3.8) is 0 Å². The van der Waals surface area contributed by atoms with Gasteiger partial charge in [0.2, 0.25) is 5.91 Å². The topological polar surface area (TPSA) is 98.2 Å². The van der Waals surface area contributed by atoms with Crippen molar-refractivity contribution in [2.75, 3.05) is 5.32 Å². The molecule has 0 saturated heterocycles. The number of hydrogen-bond donors (Lipinski definition) is 3. The number of nitrogens with one attached hydrogen (secondary N) is 1. The van der Waals surface area contributed by atoms with Gasteiger partial charge in [-0.25, -0.2) is 0 Å². The number of anilines is 1. The molecule has 5 N–H and O–H groups in total. The molecule has 0 saturated carbocycles. The SMILES string of the molecule is NC(=O)c1cc(-c2ccccc2)sc1NC(=O)CC(N)=S. The molecule has 1 aromatic carbocycles. The van der Waals surface area contributed by atoms with Gasteiger partial charge in [-0.3, -0.25) is 9.59 Å². The van der Waals surface area contributed by atoms with Gasteiger partial charge < -0.3 is 16.8 Å². The molecular formula is C14H13N3O2S2. The van der Waals surface area contributed by atoms with Gasteiger partial charge in [-0.05, 0) is 11.6 Å². The van der Waals surface area contributed by atoms with Crippen molar-refractivity contribution in [2.24, 2.45) is 11.5 Å². The molecule has 0 atom stereocenters. The van der Waals surface area contributed by atoms with Gasteiger partial charge in [0, 0.05) is 4.88 Å². The van der Waals surface area contributed by atoms with Crippen molar-refractivity contribution >= 4 is 45.4 Å². The summed E-state index contributed by atoms with van der Waals surface area (Å²) >= 11 is 5.96. The van der Waals surface area contributed by atoms with Crippen LogP contribution in [0.4, 0.5) is 5.00 Å². The summed E-state index contributed by atoms with van der Waals surface area (Å²) < 4.78 is 0. The summed E-state index contributed by atoms with van der Waals surface area (Å²) in [6, 6.07) is 11.2. The molecule has 0 spiro atoms. The summed E-state index contributed by atoms with van der Waals surface area (Å²) in [5, 5.41) is 3.03. The fourth-order valence-electron chi connectivity index (χ4n) is 1.74. The lowest BCUT2D eigenvalue weighted by Gasteiger charge is -2.03. The molecule has 0 fully saturated rings. The largest absolute Gasteiger partial charge is 0.393 e. The highest BCUT2D eigenvalue weighted by atomic mass is 32.1. The summed E-state index contributed by atoms with van der Waals surface area (Å²) in [6.07, 6.45) is -0.0773. The monoisotopic (exact) mass is 319 g/mol. The van der Waals surface area contributed by atoms with Crippen LogP contribution in [0.5, 0.6) is 0 Å². The Kier molecular flexibility index (Phi) is 4.66. The zero-order valence-corrected chi connectivity index (χ0v) is 12.6. The first-order valence-corrected chi connectivity index (χ1v) is 7.27. The molecule has 2 amide bonds. The minimum Gasteiger partial charge on any atom is -0.393 e. The Bertz CT molecular complexity index is 695. The molecule has 0 aliphatic carbocycles. The molecule has 5 nitrogen and oxygen atoms in total. The van der Waals surface area contributed by atoms with Crippen LogP contribution in [-0.4, -0.2) is 16.8 Å². The van der Waals surface area contributed by atoms with Gasteiger partial charge in [-0.15, -0.1) is 11.3 Å². The predicted octanol–water partition coefficient (Wildman–Crippen LogP) is 2.13. The number of rotatable bonds is 5. The quantitative estimate of drug-likeness (QED) is 0.735. The van der Waals surface area contributed by atoms with Crippen LogP contribution in [0.2, 0.25) is 0 Å². The molecule has 2 aromatic rings. The Balaban J connectivity index is 2.32. The fourth-order valence-corrected chi connectivity index (χ4v) is 2.96. The number of thiophene rings is 1. The Morgan fingerprint density at radius 3 is 2.43 bits per heavy atom. The number of thiocarbonyl (C=S) groups is 1. The molecule has 2 rings (SSSR count). The van der Waals surface area contributed by atoms with Crippen LogP contribution in [0, 0.1) is 0 Å². The van der Waals surface area contributed by atoms with Crippen molar-refractivity contribution in [3.05, 3.63) is 42.0 Å². The van der Waals surface area contributed by atoms with Gasteiger partial charge in [0.25, 0.3) is 5.91 Å². The number of benzene rings is 1. The zero-order valence-electron chi connectivity index (χ0n) is 11.0. The van der Waals surface area contributed by atoms with Crippen LogP contribution in [0.15, 0.2) is 36.4 Å². The third-order valence-corrected chi connectivity index (χ3v) is 3.89. The summed E-state index contributed by atoms with van der Waals surface area (Å²) in [5.74, 6) is -0.967. The summed E-state index contributed by atoms with van der Waals surface area (Å²) in [5.41, 5.74) is 11.9. The smallest absolute Gasteiger partial charge is 0.251 e. The Morgan fingerprint density at radius 1 is 1.19 bits per heavy atom. The van der Waals surface area contributed by atoms with Crippen molar-refractivity contribution in [1.29, 1.82) is 0 Å². The van der Waals surface area contributed by atoms with E-state index in [4.69, 9.17) is 11.5 Å². The van der Waals surface area contributed by atoms with E-state index in [1.165, 1.54) is 11.3 Å². The summed E-state index contributed by atoms with van der Waals surface area (Å²) in [7, 11) is 0. The predicted molar refractivity (Wildman–Crippen MR) is 88.3 cm³/mol. The third kappa shape index (κ3) is 3.87. The maximum absolute atomic E-state index is 11.7. The molecule has 0 aliphatic heterocycles. The van der Waals surface area contributed by atoms with E-state index < -0.39 is 5.91 Å². The van der Waals surface area contributed by atoms with Crippen molar-refractivity contribution in [3.8, 4) is 10.4 Å². The molecule has 0 aliphatic rings. The first-order chi connectivity index (χ1) is 9.97. The average Bonchev–Trinajstić information content (AvgIpc) is 2.82. The first-order valence-electron chi connectivity index (χ1n) is 6.04. The van der Waals surface area contributed by atoms with Crippen LogP contribution in [0.3, 0.4) is 0 Å². The maximum Gasteiger partial charge on any atom is 0.251 e. The fraction of sp³-hybridized carbons (Fsp3) is 0.0714. The highest BCUT2D eigenvalue weighted by Crippen LogP contribution is 2.35. The van der Waals surface area contributed by atoms with Gasteiger partial charge in [0.05, 0.1) is 17.0 Å². The van der Waals surface area contributed by atoms with Gasteiger partial charge in [-0.1, -0.05) is 42.5 Å². The second-order valence-electron chi connectivity index (χ2n) is 4.27. The minimum atomic E-state index is -0.598. The van der Waals surface area contributed by atoms with Gasteiger partial charge >= 0.3 is 0 Å². The second kappa shape index (κ2) is 6.47.